The van der Waals surface area contributed by atoms with Crippen LogP contribution in [0.25, 0.3) is 5.57 Å². The molecule has 3 atom stereocenters. The van der Waals surface area contributed by atoms with Crippen LogP contribution >= 0.6 is 35.8 Å². The molecule has 398 valence electrons. The quantitative estimate of drug-likeness (QED) is 0.0821. The molecule has 3 fully saturated rings. The highest BCUT2D eigenvalue weighted by Crippen LogP contribution is 2.44. The summed E-state index contributed by atoms with van der Waals surface area (Å²) in [5.41, 5.74) is -1.03. The molecule has 73 heavy (non-hydrogen) atoms. The van der Waals surface area contributed by atoms with Crippen molar-refractivity contribution >= 4 is 78.5 Å². The lowest BCUT2D eigenvalue weighted by atomic mass is 9.71. The van der Waals surface area contributed by atoms with E-state index in [-0.39, 0.29) is 29.5 Å². The van der Waals surface area contributed by atoms with Crippen LogP contribution in [-0.4, -0.2) is 153 Å². The summed E-state index contributed by atoms with van der Waals surface area (Å²) in [5.74, 6) is -0.659. The van der Waals surface area contributed by atoms with E-state index in [4.69, 9.17) is 16.3 Å². The minimum Gasteiger partial charge on any atom is -0.380 e. The second-order valence-corrected chi connectivity index (χ2v) is 24.8. The van der Waals surface area contributed by atoms with Crippen molar-refractivity contribution in [1.82, 2.24) is 24.7 Å². The van der Waals surface area contributed by atoms with E-state index in [0.717, 1.165) is 107 Å². The average molecular weight is 1110 g/mol. The van der Waals surface area contributed by atoms with Crippen LogP contribution in [-0.2, 0) is 24.6 Å². The van der Waals surface area contributed by atoms with Crippen LogP contribution in [0.1, 0.15) is 55.5 Å². The molecular weight excluding hydrogens is 1040 g/mol. The fourth-order valence-electron chi connectivity index (χ4n) is 10.2. The van der Waals surface area contributed by atoms with Gasteiger partial charge in [-0.3, -0.25) is 14.6 Å². The fraction of sp³-hybridized carbons (Fsp3) is 0.481. The number of benzene rings is 4. The van der Waals surface area contributed by atoms with Gasteiger partial charge in [0.15, 0.2) is 0 Å². The van der Waals surface area contributed by atoms with Crippen molar-refractivity contribution in [2.24, 2.45) is 5.41 Å². The first-order valence-electron chi connectivity index (χ1n) is 24.6. The monoisotopic (exact) mass is 1110 g/mol. The lowest BCUT2D eigenvalue weighted by Gasteiger charge is -2.43. The minimum atomic E-state index is -6.07. The van der Waals surface area contributed by atoms with Crippen molar-refractivity contribution in [3.63, 3.8) is 0 Å². The van der Waals surface area contributed by atoms with Gasteiger partial charge in [-0.15, -0.1) is 24.2 Å². The molecule has 0 spiro atoms. The number of sulfonamides is 1. The Morgan fingerprint density at radius 1 is 0.890 bits per heavy atom. The number of carbonyl (C=O) groups is 1. The van der Waals surface area contributed by atoms with Gasteiger partial charge in [-0.25, -0.2) is 21.6 Å². The molecule has 4 aliphatic rings. The van der Waals surface area contributed by atoms with E-state index in [2.05, 4.69) is 49.3 Å². The summed E-state index contributed by atoms with van der Waals surface area (Å²) in [6.45, 7) is 16.0. The SMILES string of the molecule is CC1CN(CCC(CSc2ccccc2)Nc2ccc(S(=O)(=O)NC(=O)c3ccc(N4CCN(CC5=C(c6ccc(Cl)cc6)CC[C@@](C)(CN6CCNCC6)C5)CC4)cc3)cc2S(=O)(=O)C(F)(F)F)CCO1.Cl. The normalized spacial score (nSPS) is 21.3. The summed E-state index contributed by atoms with van der Waals surface area (Å²) < 4.78 is 104. The maximum Gasteiger partial charge on any atom is 0.501 e. The van der Waals surface area contributed by atoms with Crippen molar-refractivity contribution in [2.75, 3.05) is 108 Å². The first-order chi connectivity index (χ1) is 34.3. The van der Waals surface area contributed by atoms with Gasteiger partial charge in [-0.05, 0) is 116 Å². The molecule has 1 aliphatic carbocycles. The standard InChI is InChI=1S/C52H65ClF3N7O6S3.ClH/c1-38-34-60(30-31-69-38)23-19-43(36-70-45-6-4-3-5-7-45)58-48-17-16-46(32-49(48)71(65,66)52(54,55)56)72(67,68)59-50(64)40-10-14-44(15-11-40)63-28-26-61(27-29-63)35-41-33-51(2,37-62-24-21-57-22-25-62)20-18-47(41)39-8-12-42(53)13-9-39;/h3-17,32,38,43,57-58H,18-31,33-37H2,1-2H3,(H,59,64);1H/t38?,43?,51-;/m1./s1. The van der Waals surface area contributed by atoms with Gasteiger partial charge in [0.25, 0.3) is 25.8 Å². The number of halogens is 5. The number of hydrogen-bond acceptors (Lipinski definition) is 13. The molecule has 3 aliphatic heterocycles. The van der Waals surface area contributed by atoms with Gasteiger partial charge in [-0.2, -0.15) is 13.2 Å². The summed E-state index contributed by atoms with van der Waals surface area (Å²) in [6, 6.07) is 26.0. The Labute approximate surface area is 444 Å². The van der Waals surface area contributed by atoms with Crippen molar-refractivity contribution in [3.05, 3.63) is 119 Å². The molecule has 4 aromatic rings. The van der Waals surface area contributed by atoms with Crippen LogP contribution in [0, 0.1) is 5.41 Å². The largest absolute Gasteiger partial charge is 0.501 e. The van der Waals surface area contributed by atoms with Gasteiger partial charge < -0.3 is 25.2 Å². The molecule has 0 radical (unpaired) electrons. The number of hydrogen-bond donors (Lipinski definition) is 3. The number of carbonyl (C=O) groups excluding carboxylic acids is 1. The van der Waals surface area contributed by atoms with Crippen LogP contribution in [0.15, 0.2) is 117 Å². The molecule has 3 saturated heterocycles. The third kappa shape index (κ3) is 14.9. The second-order valence-electron chi connectivity index (χ2n) is 19.7. The zero-order chi connectivity index (χ0) is 51.1. The number of anilines is 2. The van der Waals surface area contributed by atoms with Crippen LogP contribution in [0.4, 0.5) is 24.5 Å². The number of morpholine rings is 1. The predicted molar refractivity (Wildman–Crippen MR) is 287 cm³/mol. The third-order valence-corrected chi connectivity index (χ3v) is 18.4. The molecular formula is C52H66Cl2F3N7O6S3. The van der Waals surface area contributed by atoms with Crippen molar-refractivity contribution in [2.45, 2.75) is 71.9 Å². The summed E-state index contributed by atoms with van der Waals surface area (Å²) in [4.78, 5) is 21.8. The number of alkyl halides is 3. The number of ether oxygens (including phenoxy) is 1. The van der Waals surface area contributed by atoms with E-state index in [0.29, 0.717) is 49.5 Å². The van der Waals surface area contributed by atoms with Crippen LogP contribution in [0.5, 0.6) is 0 Å². The zero-order valence-corrected chi connectivity index (χ0v) is 45.2. The Morgan fingerprint density at radius 2 is 1.59 bits per heavy atom. The van der Waals surface area contributed by atoms with Gasteiger partial charge in [0.1, 0.15) is 4.90 Å². The Kier molecular flexibility index (Phi) is 19.3. The third-order valence-electron chi connectivity index (χ3n) is 14.1. The predicted octanol–water partition coefficient (Wildman–Crippen LogP) is 8.53. The van der Waals surface area contributed by atoms with E-state index in [1.54, 1.807) is 12.1 Å². The lowest BCUT2D eigenvalue weighted by Crippen LogP contribution is -2.49. The number of piperazine rings is 2. The summed E-state index contributed by atoms with van der Waals surface area (Å²) >= 11 is 7.74. The minimum absolute atomic E-state index is 0. The maximum atomic E-state index is 14.3. The highest BCUT2D eigenvalue weighted by molar-refractivity contribution is 7.99. The first kappa shape index (κ1) is 56.8. The Balaban J connectivity index is 0.00000780. The number of nitrogens with one attached hydrogen (secondary N) is 3. The van der Waals surface area contributed by atoms with Gasteiger partial charge >= 0.3 is 5.51 Å². The Bertz CT molecular complexity index is 2750. The van der Waals surface area contributed by atoms with E-state index in [1.165, 1.54) is 40.6 Å². The molecule has 3 heterocycles. The number of rotatable bonds is 18. The molecule has 4 aromatic carbocycles. The number of nitrogens with zero attached hydrogens (tertiary/aromatic N) is 4. The smallest absolute Gasteiger partial charge is 0.380 e. The molecule has 1 amide bonds. The molecule has 3 N–H and O–H groups in total. The molecule has 0 saturated carbocycles. The Hall–Kier alpha value is -3.89. The fourth-order valence-corrected chi connectivity index (χ4v) is 13.3. The molecule has 0 bridgehead atoms. The van der Waals surface area contributed by atoms with E-state index < -0.39 is 52.8 Å². The van der Waals surface area contributed by atoms with Crippen molar-refractivity contribution in [3.8, 4) is 0 Å². The lowest BCUT2D eigenvalue weighted by molar-refractivity contribution is -0.0435. The topological polar surface area (TPSA) is 144 Å². The number of sulfone groups is 1. The van der Waals surface area contributed by atoms with Crippen LogP contribution < -0.4 is 20.3 Å². The molecule has 13 nitrogen and oxygen atoms in total. The van der Waals surface area contributed by atoms with Crippen molar-refractivity contribution < 1.29 is 39.5 Å². The highest BCUT2D eigenvalue weighted by atomic mass is 35.5. The van der Waals surface area contributed by atoms with Gasteiger partial charge in [0.05, 0.1) is 23.3 Å². The zero-order valence-electron chi connectivity index (χ0n) is 41.2. The van der Waals surface area contributed by atoms with Gasteiger partial charge in [0.2, 0.25) is 0 Å². The molecule has 8 rings (SSSR count). The van der Waals surface area contributed by atoms with E-state index in [9.17, 15) is 34.8 Å². The summed E-state index contributed by atoms with van der Waals surface area (Å²) in [6.07, 6.45) is 3.60. The number of thioether (sulfide) groups is 1. The second kappa shape index (κ2) is 24.8. The highest BCUT2D eigenvalue weighted by Gasteiger charge is 2.48. The number of amides is 1. The van der Waals surface area contributed by atoms with Gasteiger partial charge in [-0.1, -0.05) is 54.4 Å². The molecule has 2 unspecified atom stereocenters. The van der Waals surface area contributed by atoms with Crippen LogP contribution in [0.2, 0.25) is 5.02 Å². The maximum absolute atomic E-state index is 14.3. The summed E-state index contributed by atoms with van der Waals surface area (Å²) in [7, 11) is -10.9. The van der Waals surface area contributed by atoms with Crippen LogP contribution in [0.3, 0.4) is 0 Å². The van der Waals surface area contributed by atoms with E-state index in [1.807, 2.05) is 54.1 Å². The summed E-state index contributed by atoms with van der Waals surface area (Å²) in [5, 5.41) is 7.20. The molecule has 0 aromatic heterocycles. The molecule has 21 heteroatoms. The Morgan fingerprint density at radius 3 is 2.26 bits per heavy atom. The first-order valence-corrected chi connectivity index (χ1v) is 29.0. The average Bonchev–Trinajstić information content (AvgIpc) is 3.35. The van der Waals surface area contributed by atoms with Gasteiger partial charge in [0, 0.05) is 118 Å². The van der Waals surface area contributed by atoms with Crippen molar-refractivity contribution in [1.29, 1.82) is 0 Å². The number of allylic oxidation sites excluding steroid dienone is 1. The van der Waals surface area contributed by atoms with E-state index >= 15 is 0 Å².